The van der Waals surface area contributed by atoms with Crippen LogP contribution in [0.3, 0.4) is 0 Å². The molecule has 2 aromatic carbocycles. The van der Waals surface area contributed by atoms with Crippen molar-refractivity contribution in [1.29, 1.82) is 0 Å². The number of hydrogen-bond acceptors (Lipinski definition) is 4. The molecular weight excluding hydrogens is 328 g/mol. The van der Waals surface area contributed by atoms with Gasteiger partial charge in [-0.15, -0.1) is 0 Å². The van der Waals surface area contributed by atoms with Crippen LogP contribution >= 0.6 is 0 Å². The molecule has 1 heterocycles. The number of aryl methyl sites for hydroxylation is 1. The van der Waals surface area contributed by atoms with Crippen molar-refractivity contribution in [2.45, 2.75) is 25.2 Å². The molecule has 24 heavy (non-hydrogen) atoms. The molecule has 1 atom stereocenters. The number of carboxylic acid groups (broad SMARTS) is 1. The van der Waals surface area contributed by atoms with Gasteiger partial charge in [0.15, 0.2) is 0 Å². The van der Waals surface area contributed by atoms with Gasteiger partial charge in [0.25, 0.3) is 0 Å². The zero-order chi connectivity index (χ0) is 17.4. The topological polar surface area (TPSA) is 84.6 Å². The number of aromatic carboxylic acids is 1. The lowest BCUT2D eigenvalue weighted by Crippen LogP contribution is -2.07. The minimum Gasteiger partial charge on any atom is -0.478 e. The van der Waals surface area contributed by atoms with Crippen LogP contribution in [-0.2, 0) is 10.8 Å². The zero-order valence-corrected chi connectivity index (χ0v) is 14.1. The largest absolute Gasteiger partial charge is 0.478 e. The lowest BCUT2D eigenvalue weighted by atomic mass is 10.1. The molecule has 0 bridgehead atoms. The van der Waals surface area contributed by atoms with E-state index in [1.165, 1.54) is 18.2 Å². The average Bonchev–Trinajstić information content (AvgIpc) is 2.55. The highest BCUT2D eigenvalue weighted by Crippen LogP contribution is 2.25. The fraction of sp³-hybridized carbons (Fsp3) is 0.222. The van der Waals surface area contributed by atoms with Gasteiger partial charge in [-0.1, -0.05) is 6.92 Å². The maximum absolute atomic E-state index is 12.8. The van der Waals surface area contributed by atoms with Gasteiger partial charge >= 0.3 is 5.97 Å². The van der Waals surface area contributed by atoms with Crippen molar-refractivity contribution >= 4 is 38.7 Å². The number of hydrogen-bond donors (Lipinski definition) is 1. The number of fused-ring (bicyclic) bond motifs is 2. The normalized spacial score (nSPS) is 12.6. The van der Waals surface area contributed by atoms with Gasteiger partial charge in [-0.2, -0.15) is 0 Å². The van der Waals surface area contributed by atoms with Gasteiger partial charge < -0.3 is 9.52 Å². The Morgan fingerprint density at radius 3 is 2.62 bits per heavy atom. The summed E-state index contributed by atoms with van der Waals surface area (Å²) in [6.45, 7) is 3.75. The van der Waals surface area contributed by atoms with Gasteiger partial charge in [0.05, 0.1) is 27.1 Å². The average molecular weight is 344 g/mol. The third-order valence-electron chi connectivity index (χ3n) is 3.83. The van der Waals surface area contributed by atoms with Crippen molar-refractivity contribution in [3.63, 3.8) is 0 Å². The first-order chi connectivity index (χ1) is 11.4. The number of carbonyl (C=O) groups is 1. The van der Waals surface area contributed by atoms with Gasteiger partial charge in [-0.05, 0) is 49.2 Å². The Bertz CT molecular complexity index is 1050. The highest BCUT2D eigenvalue weighted by atomic mass is 32.2. The summed E-state index contributed by atoms with van der Waals surface area (Å²) in [5, 5.41) is 9.63. The fourth-order valence-electron chi connectivity index (χ4n) is 2.66. The second-order valence-corrected chi connectivity index (χ2v) is 7.18. The van der Waals surface area contributed by atoms with Crippen LogP contribution in [0.5, 0.6) is 0 Å². The van der Waals surface area contributed by atoms with E-state index < -0.39 is 16.8 Å². The summed E-state index contributed by atoms with van der Waals surface area (Å²) < 4.78 is 18.1. The molecule has 0 fully saturated rings. The van der Waals surface area contributed by atoms with Crippen molar-refractivity contribution in [1.82, 2.24) is 0 Å². The molecule has 124 valence electrons. The predicted octanol–water partition coefficient (Wildman–Crippen LogP) is 3.47. The summed E-state index contributed by atoms with van der Waals surface area (Å²) in [6, 6.07) is 7.57. The number of benzene rings is 2. The van der Waals surface area contributed by atoms with E-state index in [9.17, 15) is 13.8 Å². The van der Waals surface area contributed by atoms with E-state index in [1.807, 2.05) is 6.92 Å². The molecule has 0 aliphatic rings. The van der Waals surface area contributed by atoms with Gasteiger partial charge in [-0.3, -0.25) is 9.00 Å². The molecule has 1 unspecified atom stereocenters. The maximum atomic E-state index is 12.8. The lowest BCUT2D eigenvalue weighted by molar-refractivity contribution is 0.0697. The van der Waals surface area contributed by atoms with Crippen molar-refractivity contribution < 1.29 is 18.5 Å². The van der Waals surface area contributed by atoms with Crippen LogP contribution in [0.1, 0.15) is 29.3 Å². The first-order valence-electron chi connectivity index (χ1n) is 7.55. The highest BCUT2D eigenvalue weighted by Gasteiger charge is 2.15. The summed E-state index contributed by atoms with van der Waals surface area (Å²) >= 11 is 0. The van der Waals surface area contributed by atoms with Crippen molar-refractivity contribution in [3.05, 3.63) is 51.7 Å². The SMILES string of the molecule is CCCS(=O)c1cc(C)c2oc3ccc(C(=O)O)cc3c(=O)c2c1. The summed E-state index contributed by atoms with van der Waals surface area (Å²) in [6.07, 6.45) is 0.776. The Morgan fingerprint density at radius 1 is 1.21 bits per heavy atom. The van der Waals surface area contributed by atoms with Gasteiger partial charge in [0.1, 0.15) is 11.2 Å². The Kier molecular flexibility index (Phi) is 4.24. The summed E-state index contributed by atoms with van der Waals surface area (Å²) in [5.41, 5.74) is 1.22. The summed E-state index contributed by atoms with van der Waals surface area (Å²) in [4.78, 5) is 24.5. The van der Waals surface area contributed by atoms with Gasteiger partial charge in [-0.25, -0.2) is 4.79 Å². The van der Waals surface area contributed by atoms with Crippen LogP contribution in [0.25, 0.3) is 21.9 Å². The van der Waals surface area contributed by atoms with E-state index in [4.69, 9.17) is 9.52 Å². The van der Waals surface area contributed by atoms with Crippen LogP contribution in [-0.4, -0.2) is 21.0 Å². The third kappa shape index (κ3) is 2.73. The molecular formula is C18H16O5S. The van der Waals surface area contributed by atoms with Crippen molar-refractivity contribution in [2.75, 3.05) is 5.75 Å². The first kappa shape index (κ1) is 16.4. The van der Waals surface area contributed by atoms with Gasteiger partial charge in [0.2, 0.25) is 5.43 Å². The standard InChI is InChI=1S/C18H16O5S/c1-3-6-24(22)12-7-10(2)17-14(9-12)16(19)13-8-11(18(20)21)4-5-15(13)23-17/h4-5,7-9H,3,6H2,1-2H3,(H,20,21). The molecule has 3 aromatic rings. The molecule has 0 saturated carbocycles. The van der Waals surface area contributed by atoms with Crippen LogP contribution in [0.2, 0.25) is 0 Å². The molecule has 0 spiro atoms. The van der Waals surface area contributed by atoms with Crippen LogP contribution in [0.4, 0.5) is 0 Å². The molecule has 0 radical (unpaired) electrons. The van der Waals surface area contributed by atoms with E-state index in [2.05, 4.69) is 0 Å². The third-order valence-corrected chi connectivity index (χ3v) is 5.37. The molecule has 6 heteroatoms. The Labute approximate surface area is 140 Å². The van der Waals surface area contributed by atoms with Crippen LogP contribution in [0.15, 0.2) is 44.4 Å². The fourth-order valence-corrected chi connectivity index (χ4v) is 3.83. The van der Waals surface area contributed by atoms with E-state index in [-0.39, 0.29) is 16.4 Å². The molecule has 5 nitrogen and oxygen atoms in total. The number of carboxylic acids is 1. The molecule has 1 N–H and O–H groups in total. The molecule has 3 rings (SSSR count). The molecule has 0 aliphatic carbocycles. The number of rotatable bonds is 4. The second-order valence-electron chi connectivity index (χ2n) is 5.61. The molecule has 0 saturated heterocycles. The van der Waals surface area contributed by atoms with E-state index in [0.717, 1.165) is 12.0 Å². The second kappa shape index (κ2) is 6.20. The zero-order valence-electron chi connectivity index (χ0n) is 13.3. The maximum Gasteiger partial charge on any atom is 0.335 e. The molecule has 0 aliphatic heterocycles. The molecule has 0 amide bonds. The van der Waals surface area contributed by atoms with E-state index in [0.29, 0.717) is 27.2 Å². The predicted molar refractivity (Wildman–Crippen MR) is 93.3 cm³/mol. The Morgan fingerprint density at radius 2 is 1.96 bits per heavy atom. The first-order valence-corrected chi connectivity index (χ1v) is 8.87. The van der Waals surface area contributed by atoms with Gasteiger partial charge in [0, 0.05) is 10.6 Å². The van der Waals surface area contributed by atoms with Crippen LogP contribution in [0, 0.1) is 6.92 Å². The van der Waals surface area contributed by atoms with E-state index in [1.54, 1.807) is 19.1 Å². The van der Waals surface area contributed by atoms with Crippen molar-refractivity contribution in [3.8, 4) is 0 Å². The lowest BCUT2D eigenvalue weighted by Gasteiger charge is -2.08. The smallest absolute Gasteiger partial charge is 0.335 e. The highest BCUT2D eigenvalue weighted by molar-refractivity contribution is 7.85. The Hall–Kier alpha value is -2.47. The minimum atomic E-state index is -1.18. The Balaban J connectivity index is 2.35. The summed E-state index contributed by atoms with van der Waals surface area (Å²) in [5.74, 6) is -0.585. The minimum absolute atomic E-state index is 0.0246. The monoisotopic (exact) mass is 344 g/mol. The summed E-state index contributed by atoms with van der Waals surface area (Å²) in [7, 11) is -1.18. The molecule has 1 aromatic heterocycles. The van der Waals surface area contributed by atoms with Crippen molar-refractivity contribution in [2.24, 2.45) is 0 Å². The van der Waals surface area contributed by atoms with E-state index >= 15 is 0 Å². The van der Waals surface area contributed by atoms with Crippen LogP contribution < -0.4 is 5.43 Å². The quantitative estimate of drug-likeness (QED) is 0.733.